The number of hydrogen-bond acceptors (Lipinski definition) is 1. The van der Waals surface area contributed by atoms with Gasteiger partial charge in [0.15, 0.2) is 0 Å². The summed E-state index contributed by atoms with van der Waals surface area (Å²) < 4.78 is 0. The van der Waals surface area contributed by atoms with Gasteiger partial charge in [0, 0.05) is 0 Å². The van der Waals surface area contributed by atoms with Crippen LogP contribution in [0.15, 0.2) is 0 Å². The van der Waals surface area contributed by atoms with E-state index in [0.29, 0.717) is 6.42 Å². The van der Waals surface area contributed by atoms with Crippen LogP contribution in [0, 0.1) is 0 Å². The Labute approximate surface area is 123 Å². The van der Waals surface area contributed by atoms with Crippen LogP contribution in [0.3, 0.4) is 0 Å². The zero-order chi connectivity index (χ0) is 5.86. The van der Waals surface area contributed by atoms with E-state index in [9.17, 15) is 4.79 Å². The van der Waals surface area contributed by atoms with E-state index in [0.717, 1.165) is 0 Å². The third-order valence-electron chi connectivity index (χ3n) is 0.626. The second-order valence-electron chi connectivity index (χ2n) is 1.21. The van der Waals surface area contributed by atoms with Crippen LogP contribution < -0.4 is 0 Å². The van der Waals surface area contributed by atoms with Gasteiger partial charge in [-0.2, -0.15) is 0 Å². The molecule has 9 heavy (non-hydrogen) atoms. The fourth-order valence-corrected chi connectivity index (χ4v) is 0.175. The van der Waals surface area contributed by atoms with Gasteiger partial charge in [0.2, 0.25) is 0 Å². The number of carboxylic acid groups (broad SMARTS) is 1. The van der Waals surface area contributed by atoms with Gasteiger partial charge in [-0.05, 0) is 6.42 Å². The van der Waals surface area contributed by atoms with Gasteiger partial charge in [-0.1, -0.05) is 22.9 Å². The van der Waals surface area contributed by atoms with Crippen molar-refractivity contribution in [2.45, 2.75) is 18.2 Å². The molecular formula is C4H9BrIKO2. The van der Waals surface area contributed by atoms with Crippen molar-refractivity contribution in [3.63, 3.8) is 0 Å². The average molecular weight is 335 g/mol. The molecule has 0 fully saturated rings. The van der Waals surface area contributed by atoms with Crippen molar-refractivity contribution >= 4 is 97.3 Å². The molecule has 0 saturated carbocycles. The summed E-state index contributed by atoms with van der Waals surface area (Å²) in [4.78, 5) is 9.52. The molecule has 0 radical (unpaired) electrons. The van der Waals surface area contributed by atoms with E-state index < -0.39 is 5.97 Å². The third kappa shape index (κ3) is 10.3. The van der Waals surface area contributed by atoms with Crippen LogP contribution in [0.2, 0.25) is 0 Å². The van der Waals surface area contributed by atoms with Crippen molar-refractivity contribution in [1.29, 1.82) is 0 Å². The Hall–Kier alpha value is 2.32. The maximum atomic E-state index is 9.88. The number of aliphatic carboxylic acids is 1. The molecule has 0 heterocycles. The molecular weight excluding hydrogens is 326 g/mol. The summed E-state index contributed by atoms with van der Waals surface area (Å²) in [5, 5.41) is 8.14. The van der Waals surface area contributed by atoms with Crippen LogP contribution in [-0.4, -0.2) is 67.3 Å². The van der Waals surface area contributed by atoms with Gasteiger partial charge in [0.25, 0.3) is 0 Å². The average Bonchev–Trinajstić information content (AvgIpc) is 1.65. The van der Waals surface area contributed by atoms with Crippen molar-refractivity contribution in [3.8, 4) is 0 Å². The second kappa shape index (κ2) is 10.3. The van der Waals surface area contributed by atoms with E-state index in [1.165, 1.54) is 0 Å². The number of rotatable bonds is 2. The molecule has 0 aliphatic heterocycles. The number of carbonyl (C=O) groups is 1. The minimum atomic E-state index is -0.789. The van der Waals surface area contributed by atoms with E-state index in [4.69, 9.17) is 5.11 Å². The van der Waals surface area contributed by atoms with Gasteiger partial charge in [-0.3, -0.25) is 4.79 Å². The normalized spacial score (nSPS) is 10.4. The molecule has 0 aromatic carbocycles. The Balaban J connectivity index is -0.000000180. The molecule has 0 aromatic rings. The fraction of sp³-hybridized carbons (Fsp3) is 0.750. The molecule has 0 aromatic heterocycles. The van der Waals surface area contributed by atoms with Gasteiger partial charge >= 0.3 is 57.4 Å². The standard InChI is InChI=1S/C4H7BrO2.HI.K.H/c1-2-3(5)4(6)7;;;/h3H,2H2,1H3,(H,6,7);1H;;. The zero-order valence-electron chi connectivity index (χ0n) is 4.43. The molecule has 0 amide bonds. The van der Waals surface area contributed by atoms with Gasteiger partial charge in [0.1, 0.15) is 4.83 Å². The first-order valence-electron chi connectivity index (χ1n) is 2.05. The molecule has 2 nitrogen and oxygen atoms in total. The summed E-state index contributed by atoms with van der Waals surface area (Å²) in [6.45, 7) is 1.81. The van der Waals surface area contributed by atoms with Crippen molar-refractivity contribution in [2.24, 2.45) is 0 Å². The molecule has 0 spiro atoms. The van der Waals surface area contributed by atoms with Crippen molar-refractivity contribution in [1.82, 2.24) is 0 Å². The number of hydrogen-bond donors (Lipinski definition) is 1. The van der Waals surface area contributed by atoms with E-state index >= 15 is 0 Å². The number of carboxylic acids is 1. The van der Waals surface area contributed by atoms with Crippen molar-refractivity contribution in [3.05, 3.63) is 0 Å². The molecule has 0 aliphatic carbocycles. The van der Waals surface area contributed by atoms with Gasteiger partial charge in [-0.25, -0.2) is 0 Å². The first-order valence-corrected chi connectivity index (χ1v) is 2.97. The molecule has 1 N–H and O–H groups in total. The van der Waals surface area contributed by atoms with Crippen LogP contribution >= 0.6 is 39.9 Å². The Morgan fingerprint density at radius 1 is 1.78 bits per heavy atom. The second-order valence-corrected chi connectivity index (χ2v) is 2.32. The summed E-state index contributed by atoms with van der Waals surface area (Å²) >= 11 is 2.94. The summed E-state index contributed by atoms with van der Waals surface area (Å²) in [5.41, 5.74) is 0. The number of alkyl halides is 1. The maximum absolute atomic E-state index is 9.88. The topological polar surface area (TPSA) is 37.3 Å². The molecule has 1 unspecified atom stereocenters. The summed E-state index contributed by atoms with van der Waals surface area (Å²) in [6, 6.07) is 0. The van der Waals surface area contributed by atoms with Crippen LogP contribution in [0.25, 0.3) is 0 Å². The molecule has 5 heteroatoms. The molecule has 52 valence electrons. The van der Waals surface area contributed by atoms with Crippen LogP contribution in [0.1, 0.15) is 13.3 Å². The quantitative estimate of drug-likeness (QED) is 0.468. The molecule has 0 bridgehead atoms. The first kappa shape index (κ1) is 17.4. The van der Waals surface area contributed by atoms with E-state index in [1.54, 1.807) is 0 Å². The van der Waals surface area contributed by atoms with Gasteiger partial charge in [0.05, 0.1) is 0 Å². The first-order chi connectivity index (χ1) is 3.18. The van der Waals surface area contributed by atoms with Crippen LogP contribution in [-0.2, 0) is 4.79 Å². The van der Waals surface area contributed by atoms with Crippen LogP contribution in [0.5, 0.6) is 0 Å². The molecule has 0 aliphatic rings. The molecule has 0 saturated heterocycles. The van der Waals surface area contributed by atoms with E-state index in [2.05, 4.69) is 15.9 Å². The SMILES string of the molecule is CCC(Br)C(=O)O.I.[KH]. The van der Waals surface area contributed by atoms with Crippen molar-refractivity contribution < 1.29 is 9.90 Å². The van der Waals surface area contributed by atoms with Crippen molar-refractivity contribution in [2.75, 3.05) is 0 Å². The van der Waals surface area contributed by atoms with E-state index in [1.807, 2.05) is 6.92 Å². The molecule has 0 rings (SSSR count). The monoisotopic (exact) mass is 334 g/mol. The van der Waals surface area contributed by atoms with Gasteiger partial charge < -0.3 is 5.11 Å². The summed E-state index contributed by atoms with van der Waals surface area (Å²) in [6.07, 6.45) is 0.634. The van der Waals surface area contributed by atoms with E-state index in [-0.39, 0.29) is 80.2 Å². The predicted molar refractivity (Wildman–Crippen MR) is 53.2 cm³/mol. The third-order valence-corrected chi connectivity index (χ3v) is 1.67. The van der Waals surface area contributed by atoms with Gasteiger partial charge in [-0.15, -0.1) is 24.0 Å². The summed E-state index contributed by atoms with van der Waals surface area (Å²) in [7, 11) is 0. The minimum absolute atomic E-state index is 0. The summed E-state index contributed by atoms with van der Waals surface area (Å²) in [5.74, 6) is -0.789. The Bertz CT molecular complexity index is 81.0. The Morgan fingerprint density at radius 3 is 2.11 bits per heavy atom. The van der Waals surface area contributed by atoms with Crippen LogP contribution in [0.4, 0.5) is 0 Å². The Morgan fingerprint density at radius 2 is 2.11 bits per heavy atom. The number of halogens is 2. The molecule has 1 atom stereocenters. The Kier molecular flexibility index (Phi) is 20.0. The predicted octanol–water partition coefficient (Wildman–Crippen LogP) is 1.21. The fourth-order valence-electron chi connectivity index (χ4n) is 0.175. The zero-order valence-corrected chi connectivity index (χ0v) is 8.34.